The topological polar surface area (TPSA) is 48.7 Å². The Morgan fingerprint density at radius 1 is 1.23 bits per heavy atom. The Morgan fingerprint density at radius 3 is 2.68 bits per heavy atom. The van der Waals surface area contributed by atoms with E-state index in [-0.39, 0.29) is 5.78 Å². The standard InChI is InChI=1S/C18H20O4/c1-4-11-21-17-10-7-14(12-18(17)20-3)6-8-15(19)16-9-5-13(2)22-16/h5-10,12H,4,11H2,1-3H3/b8-6+. The van der Waals surface area contributed by atoms with Crippen LogP contribution in [0.15, 0.2) is 40.8 Å². The van der Waals surface area contributed by atoms with E-state index in [9.17, 15) is 4.79 Å². The molecule has 0 saturated carbocycles. The molecular weight excluding hydrogens is 280 g/mol. The fourth-order valence-corrected chi connectivity index (χ4v) is 1.94. The number of rotatable bonds is 7. The molecule has 0 atom stereocenters. The minimum Gasteiger partial charge on any atom is -0.493 e. The number of furan rings is 1. The molecule has 1 aromatic heterocycles. The molecule has 0 radical (unpaired) electrons. The molecule has 0 fully saturated rings. The predicted octanol–water partition coefficient (Wildman–Crippen LogP) is 4.28. The van der Waals surface area contributed by atoms with Crippen LogP contribution in [0.2, 0.25) is 0 Å². The number of benzene rings is 1. The van der Waals surface area contributed by atoms with E-state index in [1.54, 1.807) is 32.2 Å². The van der Waals surface area contributed by atoms with Crippen LogP contribution < -0.4 is 9.47 Å². The van der Waals surface area contributed by atoms with Gasteiger partial charge in [-0.15, -0.1) is 0 Å². The monoisotopic (exact) mass is 300 g/mol. The number of ether oxygens (including phenoxy) is 2. The number of ketones is 1. The third-order valence-corrected chi connectivity index (χ3v) is 3.06. The van der Waals surface area contributed by atoms with Crippen molar-refractivity contribution >= 4 is 11.9 Å². The van der Waals surface area contributed by atoms with Gasteiger partial charge in [0.25, 0.3) is 0 Å². The van der Waals surface area contributed by atoms with Crippen LogP contribution in [-0.2, 0) is 0 Å². The maximum Gasteiger partial charge on any atom is 0.221 e. The first-order valence-electron chi connectivity index (χ1n) is 7.23. The summed E-state index contributed by atoms with van der Waals surface area (Å²) in [5.74, 6) is 2.24. The van der Waals surface area contributed by atoms with Crippen molar-refractivity contribution in [3.05, 3.63) is 53.5 Å². The highest BCUT2D eigenvalue weighted by Gasteiger charge is 2.07. The summed E-state index contributed by atoms with van der Waals surface area (Å²) in [5.41, 5.74) is 0.859. The lowest BCUT2D eigenvalue weighted by molar-refractivity contribution is 0.102. The number of hydrogen-bond donors (Lipinski definition) is 0. The molecule has 2 rings (SSSR count). The zero-order chi connectivity index (χ0) is 15.9. The Bertz CT molecular complexity index is 667. The average Bonchev–Trinajstić information content (AvgIpc) is 2.97. The molecule has 0 N–H and O–H groups in total. The van der Waals surface area contributed by atoms with Crippen LogP contribution in [0.5, 0.6) is 11.5 Å². The zero-order valence-corrected chi connectivity index (χ0v) is 13.1. The van der Waals surface area contributed by atoms with Gasteiger partial charge < -0.3 is 13.9 Å². The number of carbonyl (C=O) groups excluding carboxylic acids is 1. The van der Waals surface area contributed by atoms with Crippen LogP contribution in [0.3, 0.4) is 0 Å². The summed E-state index contributed by atoms with van der Waals surface area (Å²) in [5, 5.41) is 0. The van der Waals surface area contributed by atoms with Gasteiger partial charge in [0.1, 0.15) is 5.76 Å². The van der Waals surface area contributed by atoms with Gasteiger partial charge >= 0.3 is 0 Å². The molecule has 0 unspecified atom stereocenters. The van der Waals surface area contributed by atoms with Gasteiger partial charge in [-0.05, 0) is 49.2 Å². The van der Waals surface area contributed by atoms with E-state index in [0.29, 0.717) is 23.9 Å². The quantitative estimate of drug-likeness (QED) is 0.565. The molecule has 0 aliphatic rings. The molecule has 116 valence electrons. The van der Waals surface area contributed by atoms with Crippen molar-refractivity contribution < 1.29 is 18.7 Å². The van der Waals surface area contributed by atoms with E-state index in [1.807, 2.05) is 25.1 Å². The van der Waals surface area contributed by atoms with Gasteiger partial charge in [-0.25, -0.2) is 0 Å². The second kappa shape index (κ2) is 7.50. The summed E-state index contributed by atoms with van der Waals surface area (Å²) in [6.45, 7) is 4.49. The lowest BCUT2D eigenvalue weighted by Gasteiger charge is -2.10. The molecule has 1 aromatic carbocycles. The van der Waals surface area contributed by atoms with Crippen LogP contribution in [-0.4, -0.2) is 19.5 Å². The molecule has 0 spiro atoms. The summed E-state index contributed by atoms with van der Waals surface area (Å²) in [6, 6.07) is 9.00. The van der Waals surface area contributed by atoms with Crippen LogP contribution >= 0.6 is 0 Å². The highest BCUT2D eigenvalue weighted by atomic mass is 16.5. The Balaban J connectivity index is 2.12. The Morgan fingerprint density at radius 2 is 2.05 bits per heavy atom. The van der Waals surface area contributed by atoms with Crippen molar-refractivity contribution in [3.8, 4) is 11.5 Å². The van der Waals surface area contributed by atoms with Crippen LogP contribution in [0.1, 0.15) is 35.2 Å². The molecule has 0 saturated heterocycles. The molecule has 22 heavy (non-hydrogen) atoms. The fraction of sp³-hybridized carbons (Fsp3) is 0.278. The van der Waals surface area contributed by atoms with Gasteiger partial charge in [-0.2, -0.15) is 0 Å². The second-order valence-electron chi connectivity index (χ2n) is 4.87. The number of methoxy groups -OCH3 is 1. The largest absolute Gasteiger partial charge is 0.493 e. The first-order valence-corrected chi connectivity index (χ1v) is 7.23. The summed E-state index contributed by atoms with van der Waals surface area (Å²) < 4.78 is 16.2. The Kier molecular flexibility index (Phi) is 5.42. The number of carbonyl (C=O) groups is 1. The third kappa shape index (κ3) is 4.01. The Labute approximate surface area is 130 Å². The minimum absolute atomic E-state index is 0.168. The van der Waals surface area contributed by atoms with E-state index >= 15 is 0 Å². The molecule has 0 amide bonds. The van der Waals surface area contributed by atoms with Crippen molar-refractivity contribution in [2.75, 3.05) is 13.7 Å². The normalized spacial score (nSPS) is 10.9. The molecular formula is C18H20O4. The lowest BCUT2D eigenvalue weighted by atomic mass is 10.1. The van der Waals surface area contributed by atoms with Gasteiger partial charge in [0.05, 0.1) is 13.7 Å². The second-order valence-corrected chi connectivity index (χ2v) is 4.87. The lowest BCUT2D eigenvalue weighted by Crippen LogP contribution is -1.98. The van der Waals surface area contributed by atoms with Crippen molar-refractivity contribution in [1.82, 2.24) is 0 Å². The molecule has 1 heterocycles. The third-order valence-electron chi connectivity index (χ3n) is 3.06. The predicted molar refractivity (Wildman–Crippen MR) is 85.6 cm³/mol. The summed E-state index contributed by atoms with van der Waals surface area (Å²) in [7, 11) is 1.60. The summed E-state index contributed by atoms with van der Waals surface area (Å²) >= 11 is 0. The molecule has 0 bridgehead atoms. The highest BCUT2D eigenvalue weighted by molar-refractivity contribution is 6.04. The van der Waals surface area contributed by atoms with Crippen molar-refractivity contribution in [1.29, 1.82) is 0 Å². The molecule has 4 heteroatoms. The van der Waals surface area contributed by atoms with E-state index < -0.39 is 0 Å². The van der Waals surface area contributed by atoms with E-state index in [4.69, 9.17) is 13.9 Å². The molecule has 0 aliphatic heterocycles. The van der Waals surface area contributed by atoms with Gasteiger partial charge in [-0.3, -0.25) is 4.79 Å². The molecule has 4 nitrogen and oxygen atoms in total. The fourth-order valence-electron chi connectivity index (χ4n) is 1.94. The Hall–Kier alpha value is -2.49. The van der Waals surface area contributed by atoms with E-state index in [2.05, 4.69) is 0 Å². The van der Waals surface area contributed by atoms with Gasteiger partial charge in [0.2, 0.25) is 5.78 Å². The van der Waals surface area contributed by atoms with Crippen LogP contribution in [0.25, 0.3) is 6.08 Å². The van der Waals surface area contributed by atoms with Crippen LogP contribution in [0.4, 0.5) is 0 Å². The average molecular weight is 300 g/mol. The first kappa shape index (κ1) is 15.9. The zero-order valence-electron chi connectivity index (χ0n) is 13.1. The maximum atomic E-state index is 12.0. The summed E-state index contributed by atoms with van der Waals surface area (Å²) in [6.07, 6.45) is 4.15. The molecule has 2 aromatic rings. The molecule has 0 aliphatic carbocycles. The van der Waals surface area contributed by atoms with E-state index in [1.165, 1.54) is 6.08 Å². The smallest absolute Gasteiger partial charge is 0.221 e. The van der Waals surface area contributed by atoms with Crippen molar-refractivity contribution in [2.45, 2.75) is 20.3 Å². The maximum absolute atomic E-state index is 12.0. The van der Waals surface area contributed by atoms with Gasteiger partial charge in [0, 0.05) is 0 Å². The summed E-state index contributed by atoms with van der Waals surface area (Å²) in [4.78, 5) is 12.0. The van der Waals surface area contributed by atoms with Crippen molar-refractivity contribution in [3.63, 3.8) is 0 Å². The number of aryl methyl sites for hydroxylation is 1. The van der Waals surface area contributed by atoms with E-state index in [0.717, 1.165) is 17.7 Å². The number of allylic oxidation sites excluding steroid dienone is 1. The number of hydrogen-bond acceptors (Lipinski definition) is 4. The van der Waals surface area contributed by atoms with Gasteiger partial charge in [-0.1, -0.05) is 19.1 Å². The first-order chi connectivity index (χ1) is 10.6. The minimum atomic E-state index is -0.168. The highest BCUT2D eigenvalue weighted by Crippen LogP contribution is 2.28. The van der Waals surface area contributed by atoms with Crippen LogP contribution in [0, 0.1) is 6.92 Å². The van der Waals surface area contributed by atoms with Gasteiger partial charge in [0.15, 0.2) is 17.3 Å². The van der Waals surface area contributed by atoms with Crippen molar-refractivity contribution in [2.24, 2.45) is 0 Å². The SMILES string of the molecule is CCCOc1ccc(/C=C/C(=O)c2ccc(C)o2)cc1OC.